The molecule has 148 valence electrons. The van der Waals surface area contributed by atoms with Gasteiger partial charge in [0, 0.05) is 12.8 Å². The molecule has 2 aromatic heterocycles. The summed E-state index contributed by atoms with van der Waals surface area (Å²) in [4.78, 5) is 21.6. The van der Waals surface area contributed by atoms with Crippen molar-refractivity contribution in [1.29, 1.82) is 0 Å². The number of rotatable bonds is 8. The number of ether oxygens (including phenoxy) is 1. The number of amides is 1. The van der Waals surface area contributed by atoms with Crippen molar-refractivity contribution in [3.05, 3.63) is 47.7 Å². The summed E-state index contributed by atoms with van der Waals surface area (Å²) >= 11 is 0. The van der Waals surface area contributed by atoms with Crippen molar-refractivity contribution in [2.24, 2.45) is 0 Å². The molecular weight excluding hydrogens is 369 g/mol. The average Bonchev–Trinajstić information content (AvgIpc) is 3.06. The number of carbonyl (C=O) groups excluding carboxylic acids is 1. The fourth-order valence-corrected chi connectivity index (χ4v) is 2.57. The molecule has 0 radical (unpaired) electrons. The second-order valence-corrected chi connectivity index (χ2v) is 5.99. The standard InChI is InChI=1S/C19H20FN3O5/c1-11-4-5-14(13(20)8-11)22-16-12-9-21-10-15(26-2)17(12)28-18(16)19(25)23-27-7-3-6-24/h4-5,8-10,22,24H,3,6-7H2,1-2H3,(H,23,25). The third kappa shape index (κ3) is 4.05. The molecule has 0 aliphatic carbocycles. The molecule has 2 heterocycles. The molecule has 1 amide bonds. The number of hydrogen-bond acceptors (Lipinski definition) is 7. The van der Waals surface area contributed by atoms with Crippen LogP contribution in [0.4, 0.5) is 15.8 Å². The van der Waals surface area contributed by atoms with Crippen molar-refractivity contribution in [2.75, 3.05) is 25.6 Å². The van der Waals surface area contributed by atoms with E-state index in [1.807, 2.05) is 0 Å². The molecule has 3 N–H and O–H groups in total. The lowest BCUT2D eigenvalue weighted by Gasteiger charge is -2.09. The minimum absolute atomic E-state index is 0.0666. The van der Waals surface area contributed by atoms with Crippen molar-refractivity contribution < 1.29 is 28.3 Å². The van der Waals surface area contributed by atoms with E-state index in [0.717, 1.165) is 5.56 Å². The largest absolute Gasteiger partial charge is 0.491 e. The highest BCUT2D eigenvalue weighted by Crippen LogP contribution is 2.37. The third-order valence-corrected chi connectivity index (χ3v) is 3.94. The van der Waals surface area contributed by atoms with Crippen LogP contribution in [-0.4, -0.2) is 36.3 Å². The highest BCUT2D eigenvalue weighted by molar-refractivity contribution is 6.07. The van der Waals surface area contributed by atoms with Crippen LogP contribution in [0.3, 0.4) is 0 Å². The molecule has 28 heavy (non-hydrogen) atoms. The van der Waals surface area contributed by atoms with Crippen molar-refractivity contribution in [3.8, 4) is 5.75 Å². The van der Waals surface area contributed by atoms with Crippen LogP contribution in [0.15, 0.2) is 35.0 Å². The maximum absolute atomic E-state index is 14.3. The highest BCUT2D eigenvalue weighted by Gasteiger charge is 2.24. The Hall–Kier alpha value is -3.17. The summed E-state index contributed by atoms with van der Waals surface area (Å²) in [5, 5.41) is 12.1. The number of pyridine rings is 1. The van der Waals surface area contributed by atoms with Gasteiger partial charge in [-0.3, -0.25) is 14.6 Å². The molecule has 1 aromatic carbocycles. The number of furan rings is 1. The summed E-state index contributed by atoms with van der Waals surface area (Å²) < 4.78 is 25.2. The minimum Gasteiger partial charge on any atom is -0.491 e. The molecule has 3 aromatic rings. The molecule has 0 bridgehead atoms. The molecule has 8 nitrogen and oxygen atoms in total. The van der Waals surface area contributed by atoms with E-state index in [1.54, 1.807) is 19.1 Å². The van der Waals surface area contributed by atoms with E-state index in [1.165, 1.54) is 25.6 Å². The Kier molecular flexibility index (Phi) is 6.07. The first-order valence-electron chi connectivity index (χ1n) is 8.55. The van der Waals surface area contributed by atoms with Gasteiger partial charge >= 0.3 is 5.91 Å². The first-order chi connectivity index (χ1) is 13.5. The van der Waals surface area contributed by atoms with Gasteiger partial charge < -0.3 is 19.6 Å². The molecule has 0 aliphatic rings. The fourth-order valence-electron chi connectivity index (χ4n) is 2.57. The molecule has 0 fully saturated rings. The number of aromatic nitrogens is 1. The van der Waals surface area contributed by atoms with Crippen LogP contribution in [0.1, 0.15) is 22.5 Å². The molecule has 3 rings (SSSR count). The molecule has 0 unspecified atom stereocenters. The monoisotopic (exact) mass is 389 g/mol. The molecule has 0 saturated heterocycles. The fraction of sp³-hybridized carbons (Fsp3) is 0.263. The van der Waals surface area contributed by atoms with Gasteiger partial charge in [0.2, 0.25) is 5.76 Å². The van der Waals surface area contributed by atoms with E-state index in [4.69, 9.17) is 19.1 Å². The topological polar surface area (TPSA) is 106 Å². The van der Waals surface area contributed by atoms with Crippen LogP contribution in [0.5, 0.6) is 5.75 Å². The second kappa shape index (κ2) is 8.68. The van der Waals surface area contributed by atoms with Crippen molar-refractivity contribution in [1.82, 2.24) is 10.5 Å². The number of nitrogens with zero attached hydrogens (tertiary/aromatic N) is 1. The normalized spacial score (nSPS) is 10.9. The lowest BCUT2D eigenvalue weighted by Crippen LogP contribution is -2.24. The lowest BCUT2D eigenvalue weighted by atomic mass is 10.2. The molecule has 0 spiro atoms. The van der Waals surface area contributed by atoms with Crippen LogP contribution >= 0.6 is 0 Å². The predicted octanol–water partition coefficient (Wildman–Crippen LogP) is 3.07. The minimum atomic E-state index is -0.675. The predicted molar refractivity (Wildman–Crippen MR) is 100 cm³/mol. The molecule has 0 aliphatic heterocycles. The van der Waals surface area contributed by atoms with Crippen molar-refractivity contribution in [3.63, 3.8) is 0 Å². The number of aliphatic hydroxyl groups is 1. The number of nitrogens with one attached hydrogen (secondary N) is 2. The Labute approximate surface area is 160 Å². The number of methoxy groups -OCH3 is 1. The van der Waals surface area contributed by atoms with Gasteiger partial charge in [-0.1, -0.05) is 6.07 Å². The van der Waals surface area contributed by atoms with Gasteiger partial charge in [-0.15, -0.1) is 0 Å². The van der Waals surface area contributed by atoms with Crippen LogP contribution in [0, 0.1) is 12.7 Å². The number of halogens is 1. The quantitative estimate of drug-likeness (QED) is 0.402. The number of carbonyl (C=O) groups is 1. The van der Waals surface area contributed by atoms with Crippen LogP contribution in [-0.2, 0) is 4.84 Å². The number of aryl methyl sites for hydroxylation is 1. The number of aliphatic hydroxyl groups excluding tert-OH is 1. The van der Waals surface area contributed by atoms with Gasteiger partial charge in [0.15, 0.2) is 11.3 Å². The number of fused-ring (bicyclic) bond motifs is 1. The maximum atomic E-state index is 14.3. The van der Waals surface area contributed by atoms with Gasteiger partial charge in [-0.05, 0) is 31.0 Å². The molecule has 9 heteroatoms. The van der Waals surface area contributed by atoms with Crippen molar-refractivity contribution in [2.45, 2.75) is 13.3 Å². The van der Waals surface area contributed by atoms with Gasteiger partial charge in [-0.25, -0.2) is 9.87 Å². The smallest absolute Gasteiger partial charge is 0.312 e. The van der Waals surface area contributed by atoms with E-state index < -0.39 is 11.7 Å². The summed E-state index contributed by atoms with van der Waals surface area (Å²) in [5.74, 6) is -0.947. The number of anilines is 2. The van der Waals surface area contributed by atoms with Gasteiger partial charge in [0.1, 0.15) is 11.5 Å². The average molecular weight is 389 g/mol. The van der Waals surface area contributed by atoms with Crippen LogP contribution < -0.4 is 15.5 Å². The molecular formula is C19H20FN3O5. The van der Waals surface area contributed by atoms with Crippen LogP contribution in [0.2, 0.25) is 0 Å². The van der Waals surface area contributed by atoms with E-state index in [-0.39, 0.29) is 35.9 Å². The Balaban J connectivity index is 2.01. The first kappa shape index (κ1) is 19.6. The number of hydroxylamine groups is 1. The highest BCUT2D eigenvalue weighted by atomic mass is 19.1. The zero-order valence-corrected chi connectivity index (χ0v) is 15.4. The maximum Gasteiger partial charge on any atom is 0.312 e. The van der Waals surface area contributed by atoms with E-state index in [2.05, 4.69) is 15.8 Å². The summed E-state index contributed by atoms with van der Waals surface area (Å²) in [7, 11) is 1.45. The number of benzene rings is 1. The Bertz CT molecular complexity index is 989. The Morgan fingerprint density at radius 3 is 2.89 bits per heavy atom. The third-order valence-electron chi connectivity index (χ3n) is 3.94. The molecule has 0 saturated carbocycles. The summed E-state index contributed by atoms with van der Waals surface area (Å²) in [5.41, 5.74) is 3.69. The summed E-state index contributed by atoms with van der Waals surface area (Å²) in [6.07, 6.45) is 3.29. The van der Waals surface area contributed by atoms with Crippen molar-refractivity contribution >= 4 is 28.3 Å². The van der Waals surface area contributed by atoms with Gasteiger partial charge in [0.25, 0.3) is 0 Å². The summed E-state index contributed by atoms with van der Waals surface area (Å²) in [6.45, 7) is 1.84. The zero-order chi connectivity index (χ0) is 20.1. The van der Waals surface area contributed by atoms with E-state index in [9.17, 15) is 9.18 Å². The zero-order valence-electron chi connectivity index (χ0n) is 15.4. The van der Waals surface area contributed by atoms with E-state index in [0.29, 0.717) is 17.6 Å². The molecule has 0 atom stereocenters. The second-order valence-electron chi connectivity index (χ2n) is 5.99. The number of hydrogen-bond donors (Lipinski definition) is 3. The lowest BCUT2D eigenvalue weighted by molar-refractivity contribution is 0.0243. The summed E-state index contributed by atoms with van der Waals surface area (Å²) in [6, 6.07) is 4.68. The van der Waals surface area contributed by atoms with Gasteiger partial charge in [-0.2, -0.15) is 0 Å². The Morgan fingerprint density at radius 1 is 1.36 bits per heavy atom. The first-order valence-corrected chi connectivity index (χ1v) is 8.55. The Morgan fingerprint density at radius 2 is 2.18 bits per heavy atom. The van der Waals surface area contributed by atoms with E-state index >= 15 is 0 Å². The van der Waals surface area contributed by atoms with Crippen LogP contribution in [0.25, 0.3) is 11.0 Å². The SMILES string of the molecule is COc1cncc2c(Nc3ccc(C)cc3F)c(C(=O)NOCCCO)oc12. The van der Waals surface area contributed by atoms with Gasteiger partial charge in [0.05, 0.1) is 31.0 Å².